The molecule has 1 aliphatic carbocycles. The average molecular weight is 386 g/mol. The van der Waals surface area contributed by atoms with Gasteiger partial charge >= 0.3 is 5.88 Å². The fraction of sp³-hybridized carbons (Fsp3) is 0.500. The minimum absolute atomic E-state index is 0.0864. The highest BCUT2D eigenvalue weighted by Crippen LogP contribution is 2.26. The summed E-state index contributed by atoms with van der Waals surface area (Å²) in [6.45, 7) is 0. The SMILES string of the molecule is CN(C)[n+]1cc(/N=C(/[O-])CSc2nc3c(cc2C#N)CCCCCC3)on1. The first-order valence-corrected chi connectivity index (χ1v) is 9.92. The van der Waals surface area contributed by atoms with Gasteiger partial charge in [-0.2, -0.15) is 10.3 Å². The lowest BCUT2D eigenvalue weighted by molar-refractivity contribution is -0.753. The standard InChI is InChI=1S/C18H22N6O2S/c1-23(2)24-11-17(26-22-24)21-16(25)12-27-18-14(10-19)9-13-7-5-3-4-6-8-15(13)20-18/h9,11H,3-8,12H2,1-2H3. The van der Waals surface area contributed by atoms with E-state index >= 15 is 0 Å². The molecular weight excluding hydrogens is 364 g/mol. The predicted molar refractivity (Wildman–Crippen MR) is 99.4 cm³/mol. The summed E-state index contributed by atoms with van der Waals surface area (Å²) in [5.41, 5.74) is 2.75. The van der Waals surface area contributed by atoms with Crippen LogP contribution < -0.4 is 14.9 Å². The molecule has 0 saturated heterocycles. The number of nitriles is 1. The maximum absolute atomic E-state index is 12.1. The molecule has 0 atom stereocenters. The highest BCUT2D eigenvalue weighted by molar-refractivity contribution is 7.99. The van der Waals surface area contributed by atoms with Crippen LogP contribution in [-0.4, -0.2) is 36.0 Å². The second kappa shape index (κ2) is 8.86. The van der Waals surface area contributed by atoms with Gasteiger partial charge in [0.2, 0.25) is 5.27 Å². The number of aryl methyl sites for hydroxylation is 2. The number of hydrogen-bond donors (Lipinski definition) is 0. The van der Waals surface area contributed by atoms with E-state index in [1.165, 1.54) is 41.2 Å². The van der Waals surface area contributed by atoms with Crippen LogP contribution in [0, 0.1) is 11.3 Å². The molecule has 3 rings (SSSR count). The molecule has 0 unspecified atom stereocenters. The van der Waals surface area contributed by atoms with Crippen LogP contribution in [0.2, 0.25) is 0 Å². The Morgan fingerprint density at radius 1 is 1.37 bits per heavy atom. The molecule has 8 nitrogen and oxygen atoms in total. The van der Waals surface area contributed by atoms with Crippen molar-refractivity contribution in [2.24, 2.45) is 4.99 Å². The number of aliphatic imine (C=N–C) groups is 1. The molecule has 0 N–H and O–H groups in total. The summed E-state index contributed by atoms with van der Waals surface area (Å²) < 4.78 is 5.00. The molecule has 0 spiro atoms. The highest BCUT2D eigenvalue weighted by atomic mass is 32.2. The van der Waals surface area contributed by atoms with Gasteiger partial charge in [-0.1, -0.05) is 24.6 Å². The monoisotopic (exact) mass is 386 g/mol. The number of rotatable bonds is 5. The first kappa shape index (κ1) is 19.2. The Morgan fingerprint density at radius 3 is 2.85 bits per heavy atom. The Labute approximate surface area is 162 Å². The summed E-state index contributed by atoms with van der Waals surface area (Å²) >= 11 is 1.24. The van der Waals surface area contributed by atoms with Crippen molar-refractivity contribution in [3.63, 3.8) is 0 Å². The zero-order chi connectivity index (χ0) is 19.2. The fourth-order valence-electron chi connectivity index (χ4n) is 2.91. The first-order valence-electron chi connectivity index (χ1n) is 8.93. The second-order valence-electron chi connectivity index (χ2n) is 6.58. The first-order chi connectivity index (χ1) is 13.1. The number of fused-ring (bicyclic) bond motifs is 1. The van der Waals surface area contributed by atoms with Gasteiger partial charge < -0.3 is 5.11 Å². The number of nitrogens with zero attached hydrogens (tertiary/aromatic N) is 6. The van der Waals surface area contributed by atoms with Crippen molar-refractivity contribution in [3.05, 3.63) is 29.1 Å². The molecular formula is C18H22N6O2S. The van der Waals surface area contributed by atoms with Crippen LogP contribution in [0.1, 0.15) is 42.5 Å². The average Bonchev–Trinajstić information content (AvgIpc) is 3.09. The van der Waals surface area contributed by atoms with E-state index in [9.17, 15) is 10.4 Å². The van der Waals surface area contributed by atoms with Gasteiger partial charge in [0.05, 0.1) is 24.4 Å². The van der Waals surface area contributed by atoms with E-state index in [4.69, 9.17) is 9.51 Å². The van der Waals surface area contributed by atoms with Crippen molar-refractivity contribution < 1.29 is 14.4 Å². The molecule has 2 aromatic heterocycles. The molecule has 0 aromatic carbocycles. The predicted octanol–water partition coefficient (Wildman–Crippen LogP) is 1.27. The van der Waals surface area contributed by atoms with Crippen molar-refractivity contribution in [1.29, 1.82) is 5.26 Å². The van der Waals surface area contributed by atoms with Crippen LogP contribution in [-0.2, 0) is 12.8 Å². The van der Waals surface area contributed by atoms with Crippen LogP contribution in [0.3, 0.4) is 0 Å². The smallest absolute Gasteiger partial charge is 0.324 e. The number of pyridine rings is 1. The molecule has 0 amide bonds. The quantitative estimate of drug-likeness (QED) is 0.330. The van der Waals surface area contributed by atoms with Crippen molar-refractivity contribution >= 4 is 23.5 Å². The zero-order valence-corrected chi connectivity index (χ0v) is 16.3. The third-order valence-corrected chi connectivity index (χ3v) is 5.28. The molecule has 1 aliphatic rings. The van der Waals surface area contributed by atoms with Crippen LogP contribution in [0.4, 0.5) is 5.88 Å². The lowest BCUT2D eigenvalue weighted by Gasteiger charge is -2.15. The highest BCUT2D eigenvalue weighted by Gasteiger charge is 2.15. The van der Waals surface area contributed by atoms with Gasteiger partial charge in [-0.3, -0.25) is 4.52 Å². The Hall–Kier alpha value is -2.60. The van der Waals surface area contributed by atoms with Gasteiger partial charge in [0.25, 0.3) is 6.20 Å². The van der Waals surface area contributed by atoms with Crippen molar-refractivity contribution in [2.45, 2.75) is 43.6 Å². The molecule has 27 heavy (non-hydrogen) atoms. The molecule has 0 saturated carbocycles. The van der Waals surface area contributed by atoms with E-state index in [2.05, 4.69) is 16.3 Å². The Morgan fingerprint density at radius 2 is 2.15 bits per heavy atom. The van der Waals surface area contributed by atoms with E-state index in [0.717, 1.165) is 31.4 Å². The van der Waals surface area contributed by atoms with E-state index < -0.39 is 0 Å². The van der Waals surface area contributed by atoms with Crippen LogP contribution in [0.25, 0.3) is 0 Å². The third-order valence-electron chi connectivity index (χ3n) is 4.31. The van der Waals surface area contributed by atoms with E-state index in [0.29, 0.717) is 10.6 Å². The third kappa shape index (κ3) is 4.98. The lowest BCUT2D eigenvalue weighted by atomic mass is 9.96. The van der Waals surface area contributed by atoms with Gasteiger partial charge in [-0.15, -0.1) is 0 Å². The van der Waals surface area contributed by atoms with Gasteiger partial charge in [0, 0.05) is 11.4 Å². The zero-order valence-electron chi connectivity index (χ0n) is 15.5. The number of thioether (sulfide) groups is 1. The molecule has 2 aromatic rings. The van der Waals surface area contributed by atoms with E-state index in [-0.39, 0.29) is 17.5 Å². The summed E-state index contributed by atoms with van der Waals surface area (Å²) in [6.07, 6.45) is 8.10. The summed E-state index contributed by atoms with van der Waals surface area (Å²) in [5, 5.41) is 27.6. The molecule has 0 radical (unpaired) electrons. The topological polar surface area (TPSA) is 105 Å². The Bertz CT molecular complexity index is 871. The number of aromatic nitrogens is 3. The molecule has 0 aliphatic heterocycles. The molecule has 142 valence electrons. The van der Waals surface area contributed by atoms with Gasteiger partial charge in [0.1, 0.15) is 11.1 Å². The van der Waals surface area contributed by atoms with Crippen LogP contribution in [0.15, 0.2) is 26.8 Å². The summed E-state index contributed by atoms with van der Waals surface area (Å²) in [6, 6.07) is 4.15. The van der Waals surface area contributed by atoms with Crippen LogP contribution >= 0.6 is 11.8 Å². The molecule has 2 heterocycles. The molecule has 0 bridgehead atoms. The van der Waals surface area contributed by atoms with Gasteiger partial charge in [0.15, 0.2) is 0 Å². The van der Waals surface area contributed by atoms with Gasteiger partial charge in [-0.05, 0) is 43.2 Å². The minimum atomic E-state index is -0.362. The minimum Gasteiger partial charge on any atom is -0.861 e. The Kier molecular flexibility index (Phi) is 6.29. The van der Waals surface area contributed by atoms with Gasteiger partial charge in [-0.25, -0.2) is 9.98 Å². The second-order valence-corrected chi connectivity index (χ2v) is 7.54. The summed E-state index contributed by atoms with van der Waals surface area (Å²) in [4.78, 5) is 10.0. The normalized spacial score (nSPS) is 14.8. The maximum Gasteiger partial charge on any atom is 0.324 e. The summed E-state index contributed by atoms with van der Waals surface area (Å²) in [5.74, 6) is -0.135. The van der Waals surface area contributed by atoms with E-state index in [1.54, 1.807) is 19.1 Å². The largest absolute Gasteiger partial charge is 0.861 e. The Balaban J connectivity index is 1.73. The molecule has 9 heteroatoms. The van der Waals surface area contributed by atoms with Crippen molar-refractivity contribution in [1.82, 2.24) is 10.3 Å². The number of hydrogen-bond acceptors (Lipinski definition) is 8. The fourth-order valence-corrected chi connectivity index (χ4v) is 3.67. The van der Waals surface area contributed by atoms with E-state index in [1.807, 2.05) is 6.07 Å². The van der Waals surface area contributed by atoms with Crippen molar-refractivity contribution in [3.8, 4) is 6.07 Å². The lowest BCUT2D eigenvalue weighted by Crippen LogP contribution is -2.53. The van der Waals surface area contributed by atoms with Crippen LogP contribution in [0.5, 0.6) is 0 Å². The van der Waals surface area contributed by atoms with Crippen molar-refractivity contribution in [2.75, 3.05) is 24.9 Å². The molecule has 0 fully saturated rings. The maximum atomic E-state index is 12.1. The summed E-state index contributed by atoms with van der Waals surface area (Å²) in [7, 11) is 3.58.